The van der Waals surface area contributed by atoms with Crippen LogP contribution >= 0.6 is 0 Å². The number of piperidine rings is 1. The largest absolute Gasteiger partial charge is 0.490 e. The van der Waals surface area contributed by atoms with Crippen molar-refractivity contribution in [3.63, 3.8) is 0 Å². The van der Waals surface area contributed by atoms with Gasteiger partial charge in [0.05, 0.1) is 13.2 Å². The third-order valence-electron chi connectivity index (χ3n) is 7.04. The van der Waals surface area contributed by atoms with Crippen molar-refractivity contribution >= 4 is 28.9 Å². The molecule has 0 saturated carbocycles. The topological polar surface area (TPSA) is 118 Å². The SMILES string of the molecule is NCc1ccc(NC(=O)c2cc(F)cc(N3CCOCC3)c2)cc1NC(=O)c1cccc(OC2CCNCC2)c1. The number of ether oxygens (including phenoxy) is 2. The Bertz CT molecular complexity index is 1360. The fourth-order valence-corrected chi connectivity index (χ4v) is 4.87. The van der Waals surface area contributed by atoms with Gasteiger partial charge in [-0.15, -0.1) is 0 Å². The van der Waals surface area contributed by atoms with E-state index in [0.29, 0.717) is 60.2 Å². The molecule has 0 spiro atoms. The summed E-state index contributed by atoms with van der Waals surface area (Å²) in [5.74, 6) is -0.637. The van der Waals surface area contributed by atoms with Gasteiger partial charge in [-0.05, 0) is 80.0 Å². The summed E-state index contributed by atoms with van der Waals surface area (Å²) in [7, 11) is 0. The van der Waals surface area contributed by atoms with Crippen LogP contribution in [0.3, 0.4) is 0 Å². The van der Waals surface area contributed by atoms with Crippen molar-refractivity contribution in [3.8, 4) is 5.75 Å². The van der Waals surface area contributed by atoms with Crippen LogP contribution in [0.1, 0.15) is 39.1 Å². The van der Waals surface area contributed by atoms with Gasteiger partial charge in [0.2, 0.25) is 0 Å². The first-order valence-electron chi connectivity index (χ1n) is 13.5. The van der Waals surface area contributed by atoms with Crippen LogP contribution in [0.4, 0.5) is 21.5 Å². The number of carbonyl (C=O) groups excluding carboxylic acids is 2. The van der Waals surface area contributed by atoms with E-state index in [4.69, 9.17) is 15.2 Å². The number of rotatable bonds is 8. The van der Waals surface area contributed by atoms with E-state index >= 15 is 0 Å². The molecule has 0 bridgehead atoms. The Hall–Kier alpha value is -3.99. The molecule has 0 aromatic heterocycles. The first-order chi connectivity index (χ1) is 19.5. The van der Waals surface area contributed by atoms with Gasteiger partial charge in [0.25, 0.3) is 11.8 Å². The van der Waals surface area contributed by atoms with Gasteiger partial charge in [-0.25, -0.2) is 4.39 Å². The minimum absolute atomic E-state index is 0.117. The number of nitrogens with zero attached hydrogens (tertiary/aromatic N) is 1. The number of benzene rings is 3. The van der Waals surface area contributed by atoms with Crippen molar-refractivity contribution < 1.29 is 23.5 Å². The van der Waals surface area contributed by atoms with Gasteiger partial charge in [-0.2, -0.15) is 0 Å². The molecule has 0 radical (unpaired) electrons. The molecule has 2 heterocycles. The van der Waals surface area contributed by atoms with Gasteiger partial charge in [0, 0.05) is 47.8 Å². The van der Waals surface area contributed by atoms with Crippen molar-refractivity contribution in [2.45, 2.75) is 25.5 Å². The van der Waals surface area contributed by atoms with Crippen molar-refractivity contribution in [2.24, 2.45) is 5.73 Å². The average Bonchev–Trinajstić information content (AvgIpc) is 2.98. The highest BCUT2D eigenvalue weighted by Gasteiger charge is 2.18. The van der Waals surface area contributed by atoms with Crippen LogP contribution in [0.5, 0.6) is 5.75 Å². The zero-order chi connectivity index (χ0) is 27.9. The molecular formula is C30H34FN5O4. The monoisotopic (exact) mass is 547 g/mol. The summed E-state index contributed by atoms with van der Waals surface area (Å²) in [6, 6.07) is 16.4. The maximum Gasteiger partial charge on any atom is 0.255 e. The lowest BCUT2D eigenvalue weighted by Crippen LogP contribution is -2.36. The average molecular weight is 548 g/mol. The molecule has 9 nitrogen and oxygen atoms in total. The highest BCUT2D eigenvalue weighted by molar-refractivity contribution is 6.07. The lowest BCUT2D eigenvalue weighted by Gasteiger charge is -2.29. The molecule has 2 saturated heterocycles. The predicted molar refractivity (Wildman–Crippen MR) is 153 cm³/mol. The number of nitrogens with two attached hydrogens (primary N) is 1. The Morgan fingerprint density at radius 2 is 1.75 bits per heavy atom. The summed E-state index contributed by atoms with van der Waals surface area (Å²) >= 11 is 0. The predicted octanol–water partition coefficient (Wildman–Crippen LogP) is 3.76. The summed E-state index contributed by atoms with van der Waals surface area (Å²) in [5, 5.41) is 9.03. The Kier molecular flexibility index (Phi) is 8.90. The molecule has 5 N–H and O–H groups in total. The first kappa shape index (κ1) is 27.6. The molecule has 2 amide bonds. The highest BCUT2D eigenvalue weighted by atomic mass is 19.1. The van der Waals surface area contributed by atoms with Crippen LogP contribution in [-0.4, -0.2) is 57.3 Å². The Morgan fingerprint density at radius 3 is 2.52 bits per heavy atom. The Balaban J connectivity index is 1.29. The summed E-state index contributed by atoms with van der Waals surface area (Å²) in [4.78, 5) is 28.2. The summed E-state index contributed by atoms with van der Waals surface area (Å²) in [6.07, 6.45) is 1.95. The molecular weight excluding hydrogens is 513 g/mol. The number of halogens is 1. The molecule has 0 atom stereocenters. The van der Waals surface area contributed by atoms with Gasteiger partial charge in [-0.3, -0.25) is 9.59 Å². The molecule has 5 rings (SSSR count). The van der Waals surface area contributed by atoms with Gasteiger partial charge in [0.15, 0.2) is 0 Å². The maximum atomic E-state index is 14.4. The zero-order valence-corrected chi connectivity index (χ0v) is 22.3. The van der Waals surface area contributed by atoms with Crippen LogP contribution in [0.15, 0.2) is 60.7 Å². The van der Waals surface area contributed by atoms with Crippen LogP contribution in [0.25, 0.3) is 0 Å². The summed E-state index contributed by atoms with van der Waals surface area (Å²) in [6.45, 7) is 4.37. The molecule has 3 aromatic carbocycles. The first-order valence-corrected chi connectivity index (χ1v) is 13.5. The molecule has 0 aliphatic carbocycles. The van der Waals surface area contributed by atoms with E-state index in [1.54, 1.807) is 42.5 Å². The van der Waals surface area contributed by atoms with E-state index in [1.807, 2.05) is 11.0 Å². The van der Waals surface area contributed by atoms with Crippen LogP contribution in [0, 0.1) is 5.82 Å². The maximum absolute atomic E-state index is 14.4. The third kappa shape index (κ3) is 6.95. The minimum atomic E-state index is -0.494. The van der Waals surface area contributed by atoms with Crippen LogP contribution in [-0.2, 0) is 11.3 Å². The van der Waals surface area contributed by atoms with Gasteiger partial charge in [-0.1, -0.05) is 12.1 Å². The lowest BCUT2D eigenvalue weighted by molar-refractivity contribution is 0.101. The van der Waals surface area contributed by atoms with Gasteiger partial charge < -0.3 is 36.1 Å². The normalized spacial score (nSPS) is 15.9. The lowest BCUT2D eigenvalue weighted by atomic mass is 10.1. The van der Waals surface area contributed by atoms with Crippen molar-refractivity contribution in [1.29, 1.82) is 0 Å². The molecule has 2 aliphatic rings. The van der Waals surface area contributed by atoms with Crippen molar-refractivity contribution in [1.82, 2.24) is 5.32 Å². The second-order valence-corrected chi connectivity index (χ2v) is 9.88. The third-order valence-corrected chi connectivity index (χ3v) is 7.04. The number of hydrogen-bond donors (Lipinski definition) is 4. The Labute approximate surface area is 232 Å². The molecule has 0 unspecified atom stereocenters. The van der Waals surface area contributed by atoms with E-state index in [9.17, 15) is 14.0 Å². The molecule has 2 aliphatic heterocycles. The number of anilines is 3. The molecule has 3 aromatic rings. The fraction of sp³-hybridized carbons (Fsp3) is 0.333. The number of nitrogens with one attached hydrogen (secondary N) is 3. The fourth-order valence-electron chi connectivity index (χ4n) is 4.87. The zero-order valence-electron chi connectivity index (χ0n) is 22.3. The number of morpholine rings is 1. The number of hydrogen-bond acceptors (Lipinski definition) is 7. The van der Waals surface area contributed by atoms with Gasteiger partial charge >= 0.3 is 0 Å². The van der Waals surface area contributed by atoms with Crippen molar-refractivity contribution in [2.75, 3.05) is 54.9 Å². The molecule has 210 valence electrons. The second-order valence-electron chi connectivity index (χ2n) is 9.88. The van der Waals surface area contributed by atoms with E-state index < -0.39 is 11.7 Å². The second kappa shape index (κ2) is 12.9. The minimum Gasteiger partial charge on any atom is -0.490 e. The molecule has 2 fully saturated rings. The van der Waals surface area contributed by atoms with E-state index in [2.05, 4.69) is 16.0 Å². The van der Waals surface area contributed by atoms with E-state index in [0.717, 1.165) is 25.9 Å². The van der Waals surface area contributed by atoms with Gasteiger partial charge in [0.1, 0.15) is 17.7 Å². The Morgan fingerprint density at radius 1 is 0.975 bits per heavy atom. The van der Waals surface area contributed by atoms with Crippen molar-refractivity contribution in [3.05, 3.63) is 83.2 Å². The van der Waals surface area contributed by atoms with Crippen LogP contribution < -0.4 is 31.3 Å². The smallest absolute Gasteiger partial charge is 0.255 e. The summed E-state index contributed by atoms with van der Waals surface area (Å²) < 4.78 is 25.8. The molecule has 10 heteroatoms. The summed E-state index contributed by atoms with van der Waals surface area (Å²) in [5.41, 5.74) is 8.81. The highest BCUT2D eigenvalue weighted by Crippen LogP contribution is 2.25. The van der Waals surface area contributed by atoms with Crippen LogP contribution in [0.2, 0.25) is 0 Å². The molecule has 40 heavy (non-hydrogen) atoms. The number of carbonyl (C=O) groups is 2. The van der Waals surface area contributed by atoms with E-state index in [-0.39, 0.29) is 24.1 Å². The number of amides is 2. The van der Waals surface area contributed by atoms with E-state index in [1.165, 1.54) is 12.1 Å². The standard InChI is InChI=1S/C30H34FN5O4/c31-23-14-22(15-25(17-23)36-10-12-39-13-11-36)30(38)34-24-5-4-21(19-32)28(18-24)35-29(37)20-2-1-3-27(16-20)40-26-6-8-33-9-7-26/h1-5,14-18,26,33H,6-13,19,32H2,(H,34,38)(H,35,37). The quantitative estimate of drug-likeness (QED) is 0.339.